The van der Waals surface area contributed by atoms with E-state index in [4.69, 9.17) is 4.74 Å². The Hall–Kier alpha value is -4.55. The summed E-state index contributed by atoms with van der Waals surface area (Å²) < 4.78 is 57.3. The van der Waals surface area contributed by atoms with Crippen LogP contribution in [-0.4, -0.2) is 44.6 Å². The van der Waals surface area contributed by atoms with Gasteiger partial charge in [0.15, 0.2) is 11.5 Å². The predicted molar refractivity (Wildman–Crippen MR) is 137 cm³/mol. The lowest BCUT2D eigenvalue weighted by atomic mass is 10.1. The lowest BCUT2D eigenvalue weighted by Gasteiger charge is -2.23. The van der Waals surface area contributed by atoms with Crippen molar-refractivity contribution >= 4 is 22.6 Å². The zero-order valence-electron chi connectivity index (χ0n) is 21.5. The van der Waals surface area contributed by atoms with E-state index in [0.717, 1.165) is 4.68 Å². The molecule has 10 nitrogen and oxygen atoms in total. The van der Waals surface area contributed by atoms with Crippen molar-refractivity contribution in [2.24, 2.45) is 5.92 Å². The number of rotatable bonds is 8. The van der Waals surface area contributed by atoms with Crippen LogP contribution in [0.2, 0.25) is 0 Å². The summed E-state index contributed by atoms with van der Waals surface area (Å²) in [6, 6.07) is 8.00. The number of aromatic nitrogens is 4. The fourth-order valence-corrected chi connectivity index (χ4v) is 4.51. The zero-order valence-corrected chi connectivity index (χ0v) is 21.5. The monoisotopic (exact) mass is 555 g/mol. The van der Waals surface area contributed by atoms with Gasteiger partial charge in [0.1, 0.15) is 34.8 Å². The van der Waals surface area contributed by atoms with Crippen LogP contribution >= 0.6 is 0 Å². The number of carbonyl (C=O) groups excluding carboxylic acids is 1. The summed E-state index contributed by atoms with van der Waals surface area (Å²) >= 11 is 0. The Labute approximate surface area is 225 Å². The van der Waals surface area contributed by atoms with Crippen LogP contribution < -0.4 is 24.7 Å². The molecule has 6 rings (SSSR count). The van der Waals surface area contributed by atoms with E-state index in [0.29, 0.717) is 30.7 Å². The molecule has 0 bridgehead atoms. The number of alkyl halides is 2. The molecule has 13 heteroatoms. The molecule has 0 saturated heterocycles. The maximum atomic E-state index is 14.6. The average Bonchev–Trinajstić information content (AvgIpc) is 3.48. The van der Waals surface area contributed by atoms with Crippen molar-refractivity contribution in [3.8, 4) is 28.5 Å². The molecule has 40 heavy (non-hydrogen) atoms. The number of anilines is 1. The highest BCUT2D eigenvalue weighted by Gasteiger charge is 2.44. The molecule has 1 saturated carbocycles. The minimum absolute atomic E-state index is 0.0926. The highest BCUT2D eigenvalue weighted by atomic mass is 19.3. The van der Waals surface area contributed by atoms with Crippen LogP contribution in [0.15, 0.2) is 47.5 Å². The third kappa shape index (κ3) is 4.94. The zero-order chi connectivity index (χ0) is 28.2. The minimum atomic E-state index is -3.79. The summed E-state index contributed by atoms with van der Waals surface area (Å²) in [5.74, 6) is -0.894. The molecule has 1 fully saturated rings. The molecule has 208 valence electrons. The van der Waals surface area contributed by atoms with Gasteiger partial charge in [0.25, 0.3) is 5.56 Å². The fourth-order valence-electron chi connectivity index (χ4n) is 4.51. The summed E-state index contributed by atoms with van der Waals surface area (Å²) in [5, 5.41) is 4.40. The molecule has 2 aromatic heterocycles. The minimum Gasteiger partial charge on any atom is -0.493 e. The third-order valence-corrected chi connectivity index (χ3v) is 6.39. The second kappa shape index (κ2) is 9.57. The number of benzene rings is 2. The van der Waals surface area contributed by atoms with E-state index in [1.165, 1.54) is 41.6 Å². The molecule has 2 aliphatic rings. The molecular weight excluding hydrogens is 531 g/mol. The number of halogens is 3. The Morgan fingerprint density at radius 3 is 2.73 bits per heavy atom. The average molecular weight is 556 g/mol. The number of hydrogen-bond acceptors (Lipinski definition) is 7. The van der Waals surface area contributed by atoms with Gasteiger partial charge in [-0.15, -0.1) is 8.78 Å². The van der Waals surface area contributed by atoms with Gasteiger partial charge >= 0.3 is 6.29 Å². The maximum Gasteiger partial charge on any atom is 0.586 e. The largest absolute Gasteiger partial charge is 0.586 e. The molecular formula is C27H24F3N5O5. The Morgan fingerprint density at radius 1 is 1.20 bits per heavy atom. The standard InChI is InChI=1S/C27H24F3N5O5/c1-14(2)12-38-19-8-15(7-16(28)9-19)23-24-25(32-13-31-24)26(37)34(33-23)11-22(36)35(17-3-4-17)18-5-6-20-21(10-18)40-27(29,30)39-20/h5-10,13-14,17H,3-4,11-12H2,1-2H3,(H,31,32). The van der Waals surface area contributed by atoms with Gasteiger partial charge in [-0.3, -0.25) is 9.59 Å². The molecule has 2 aromatic carbocycles. The van der Waals surface area contributed by atoms with Crippen LogP contribution in [0.1, 0.15) is 26.7 Å². The first-order valence-electron chi connectivity index (χ1n) is 12.7. The van der Waals surface area contributed by atoms with Crippen molar-refractivity contribution in [3.63, 3.8) is 0 Å². The van der Waals surface area contributed by atoms with Gasteiger partial charge in [-0.2, -0.15) is 5.10 Å². The van der Waals surface area contributed by atoms with Crippen LogP contribution in [-0.2, 0) is 11.3 Å². The Balaban J connectivity index is 1.35. The molecule has 0 radical (unpaired) electrons. The number of nitrogens with zero attached hydrogens (tertiary/aromatic N) is 4. The SMILES string of the molecule is CC(C)COc1cc(F)cc(-c2nn(CC(=O)N(c3ccc4c(c3)OC(F)(F)O4)C3CC3)c(=O)c3[nH]cnc23)c1. The fraction of sp³-hybridized carbons (Fsp3) is 0.333. The van der Waals surface area contributed by atoms with Gasteiger partial charge in [-0.1, -0.05) is 13.8 Å². The molecule has 0 spiro atoms. The van der Waals surface area contributed by atoms with E-state index in [-0.39, 0.29) is 45.9 Å². The highest BCUT2D eigenvalue weighted by molar-refractivity contribution is 5.95. The number of nitrogens with one attached hydrogen (secondary N) is 1. The lowest BCUT2D eigenvalue weighted by Crippen LogP contribution is -2.39. The van der Waals surface area contributed by atoms with E-state index in [1.807, 2.05) is 13.8 Å². The molecule has 1 aliphatic carbocycles. The van der Waals surface area contributed by atoms with Crippen LogP contribution in [0.4, 0.5) is 18.9 Å². The van der Waals surface area contributed by atoms with Gasteiger partial charge in [0, 0.05) is 29.4 Å². The Bertz CT molecular complexity index is 1680. The summed E-state index contributed by atoms with van der Waals surface area (Å²) in [4.78, 5) is 35.2. The first kappa shape index (κ1) is 25.7. The summed E-state index contributed by atoms with van der Waals surface area (Å²) in [5.41, 5.74) is 0.521. The third-order valence-electron chi connectivity index (χ3n) is 6.39. The van der Waals surface area contributed by atoms with E-state index in [2.05, 4.69) is 24.5 Å². The summed E-state index contributed by atoms with van der Waals surface area (Å²) in [7, 11) is 0. The number of ether oxygens (including phenoxy) is 3. The number of H-pyrrole nitrogens is 1. The highest BCUT2D eigenvalue weighted by Crippen LogP contribution is 2.44. The van der Waals surface area contributed by atoms with Crippen LogP contribution in [0, 0.1) is 11.7 Å². The molecule has 0 atom stereocenters. The first-order chi connectivity index (χ1) is 19.1. The maximum absolute atomic E-state index is 14.6. The van der Waals surface area contributed by atoms with Crippen molar-refractivity contribution in [3.05, 3.63) is 58.9 Å². The predicted octanol–water partition coefficient (Wildman–Crippen LogP) is 4.48. The first-order valence-corrected chi connectivity index (χ1v) is 12.7. The van der Waals surface area contributed by atoms with Crippen molar-refractivity contribution in [1.29, 1.82) is 0 Å². The quantitative estimate of drug-likeness (QED) is 0.341. The van der Waals surface area contributed by atoms with Crippen molar-refractivity contribution in [2.75, 3.05) is 11.5 Å². The van der Waals surface area contributed by atoms with Gasteiger partial charge in [-0.25, -0.2) is 14.1 Å². The number of hydrogen-bond donors (Lipinski definition) is 1. The molecule has 1 amide bonds. The van der Waals surface area contributed by atoms with Gasteiger partial charge in [0.2, 0.25) is 5.91 Å². The van der Waals surface area contributed by atoms with Crippen molar-refractivity contribution in [2.45, 2.75) is 45.6 Å². The lowest BCUT2D eigenvalue weighted by molar-refractivity contribution is -0.286. The number of aromatic amines is 1. The molecule has 0 unspecified atom stereocenters. The van der Waals surface area contributed by atoms with Gasteiger partial charge in [0.05, 0.1) is 12.9 Å². The number of fused-ring (bicyclic) bond motifs is 2. The van der Waals surface area contributed by atoms with Crippen LogP contribution in [0.3, 0.4) is 0 Å². The Morgan fingerprint density at radius 2 is 1.98 bits per heavy atom. The normalized spacial score (nSPS) is 15.6. The second-order valence-electron chi connectivity index (χ2n) is 10.1. The second-order valence-corrected chi connectivity index (χ2v) is 10.1. The number of carbonyl (C=O) groups is 1. The summed E-state index contributed by atoms with van der Waals surface area (Å²) in [6.45, 7) is 3.84. The van der Waals surface area contributed by atoms with Crippen LogP contribution in [0.5, 0.6) is 17.2 Å². The summed E-state index contributed by atoms with van der Waals surface area (Å²) in [6.07, 6.45) is -1.07. The van der Waals surface area contributed by atoms with E-state index >= 15 is 0 Å². The van der Waals surface area contributed by atoms with Gasteiger partial charge in [-0.05, 0) is 43.0 Å². The number of imidazole rings is 1. The molecule has 1 aliphatic heterocycles. The molecule has 3 heterocycles. The Kier molecular flexibility index (Phi) is 6.15. The van der Waals surface area contributed by atoms with E-state index < -0.39 is 30.1 Å². The topological polar surface area (TPSA) is 112 Å². The van der Waals surface area contributed by atoms with Crippen molar-refractivity contribution in [1.82, 2.24) is 19.7 Å². The van der Waals surface area contributed by atoms with Gasteiger partial charge < -0.3 is 24.1 Å². The molecule has 1 N–H and O–H groups in total. The van der Waals surface area contributed by atoms with E-state index in [1.54, 1.807) is 6.07 Å². The van der Waals surface area contributed by atoms with E-state index in [9.17, 15) is 22.8 Å². The van der Waals surface area contributed by atoms with Crippen molar-refractivity contribution < 1.29 is 32.2 Å². The molecule has 4 aromatic rings. The van der Waals surface area contributed by atoms with Crippen LogP contribution in [0.25, 0.3) is 22.3 Å². The smallest absolute Gasteiger partial charge is 0.493 e. The number of amides is 1.